The van der Waals surface area contributed by atoms with Crippen molar-refractivity contribution < 1.29 is 24.2 Å². The number of aromatic nitrogens is 2. The topological polar surface area (TPSA) is 128 Å². The molecule has 0 bridgehead atoms. The number of carbonyl (C=O) groups excluding carboxylic acids is 2. The Labute approximate surface area is 246 Å². The molecule has 2 heterocycles. The first-order chi connectivity index (χ1) is 20.3. The molecular formula is C31H38N6O5. The lowest BCUT2D eigenvalue weighted by Gasteiger charge is -2.27. The van der Waals surface area contributed by atoms with Gasteiger partial charge in [-0.3, -0.25) is 4.79 Å². The van der Waals surface area contributed by atoms with Crippen molar-refractivity contribution >= 4 is 35.4 Å². The van der Waals surface area contributed by atoms with Gasteiger partial charge < -0.3 is 29.9 Å². The number of carboxylic acid groups (broad SMARTS) is 1. The third-order valence-electron chi connectivity index (χ3n) is 7.22. The summed E-state index contributed by atoms with van der Waals surface area (Å²) in [5.74, 6) is -0.239. The molecule has 42 heavy (non-hydrogen) atoms. The minimum atomic E-state index is -1.08. The Morgan fingerprint density at radius 2 is 1.64 bits per heavy atom. The third kappa shape index (κ3) is 7.34. The van der Waals surface area contributed by atoms with E-state index in [2.05, 4.69) is 10.3 Å². The van der Waals surface area contributed by atoms with Crippen LogP contribution in [0.3, 0.4) is 0 Å². The molecule has 1 unspecified atom stereocenters. The molecule has 0 saturated carbocycles. The van der Waals surface area contributed by atoms with Crippen molar-refractivity contribution in [2.45, 2.75) is 46.1 Å². The number of amides is 2. The van der Waals surface area contributed by atoms with Gasteiger partial charge in [0.2, 0.25) is 5.95 Å². The molecule has 0 aliphatic carbocycles. The Balaban J connectivity index is 1.59. The van der Waals surface area contributed by atoms with Crippen LogP contribution in [0.15, 0.2) is 60.8 Å². The molecule has 222 valence electrons. The fourth-order valence-corrected chi connectivity index (χ4v) is 4.85. The lowest BCUT2D eigenvalue weighted by atomic mass is 10.1. The van der Waals surface area contributed by atoms with Gasteiger partial charge in [0.05, 0.1) is 6.20 Å². The SMILES string of the molecule is CCN(CC)c1ncc(N(CC)C(=O)c2ccccc2)c(NC(Cc2ccc(OC(=O)N3CCCC3)cc2)C(=O)O)n1. The smallest absolute Gasteiger partial charge is 0.415 e. The van der Waals surface area contributed by atoms with E-state index >= 15 is 0 Å². The fraction of sp³-hybridized carbons (Fsp3) is 0.387. The van der Waals surface area contributed by atoms with E-state index in [0.29, 0.717) is 55.7 Å². The highest BCUT2D eigenvalue weighted by Gasteiger charge is 2.26. The van der Waals surface area contributed by atoms with Crippen LogP contribution in [-0.4, -0.2) is 76.7 Å². The van der Waals surface area contributed by atoms with Gasteiger partial charge in [-0.05, 0) is 63.4 Å². The Hall–Kier alpha value is -4.67. The van der Waals surface area contributed by atoms with Crippen LogP contribution in [0.1, 0.15) is 49.5 Å². The van der Waals surface area contributed by atoms with E-state index in [4.69, 9.17) is 9.72 Å². The summed E-state index contributed by atoms with van der Waals surface area (Å²) in [7, 11) is 0. The number of carbonyl (C=O) groups is 3. The number of likely N-dealkylation sites (tertiary alicyclic amines) is 1. The predicted octanol–water partition coefficient (Wildman–Crippen LogP) is 4.69. The van der Waals surface area contributed by atoms with E-state index in [1.807, 2.05) is 31.7 Å². The standard InChI is InChI=1S/C31H38N6O5/c1-4-35(5-2)30-32-21-26(37(6-3)28(38)23-12-8-7-9-13-23)27(34-30)33-25(29(39)40)20-22-14-16-24(17-15-22)42-31(41)36-18-10-11-19-36/h7-9,12-17,21,25H,4-6,10-11,18-20H2,1-3H3,(H,39,40)(H,32,33,34). The van der Waals surface area contributed by atoms with E-state index in [1.54, 1.807) is 59.6 Å². The maximum Gasteiger partial charge on any atom is 0.415 e. The van der Waals surface area contributed by atoms with Crippen molar-refractivity contribution in [3.8, 4) is 5.75 Å². The molecule has 4 rings (SSSR count). The van der Waals surface area contributed by atoms with Crippen LogP contribution in [-0.2, 0) is 11.2 Å². The predicted molar refractivity (Wildman–Crippen MR) is 161 cm³/mol. The van der Waals surface area contributed by atoms with E-state index in [1.165, 1.54) is 4.90 Å². The van der Waals surface area contributed by atoms with Crippen molar-refractivity contribution in [3.63, 3.8) is 0 Å². The molecule has 1 aliphatic heterocycles. The fourth-order valence-electron chi connectivity index (χ4n) is 4.85. The molecule has 2 N–H and O–H groups in total. The van der Waals surface area contributed by atoms with Gasteiger partial charge in [-0.2, -0.15) is 4.98 Å². The van der Waals surface area contributed by atoms with Crippen LogP contribution in [0.2, 0.25) is 0 Å². The van der Waals surface area contributed by atoms with E-state index in [0.717, 1.165) is 18.4 Å². The summed E-state index contributed by atoms with van der Waals surface area (Å²) in [5, 5.41) is 13.2. The zero-order valence-electron chi connectivity index (χ0n) is 24.3. The summed E-state index contributed by atoms with van der Waals surface area (Å²) in [4.78, 5) is 52.5. The van der Waals surface area contributed by atoms with Crippen molar-refractivity contribution in [2.75, 3.05) is 47.8 Å². The molecule has 11 nitrogen and oxygen atoms in total. The van der Waals surface area contributed by atoms with Gasteiger partial charge in [-0.15, -0.1) is 0 Å². The number of carboxylic acids is 1. The molecule has 2 aromatic carbocycles. The summed E-state index contributed by atoms with van der Waals surface area (Å²) in [5.41, 5.74) is 1.61. The molecule has 3 aromatic rings. The van der Waals surface area contributed by atoms with Crippen molar-refractivity contribution in [1.82, 2.24) is 14.9 Å². The molecule has 1 fully saturated rings. The van der Waals surface area contributed by atoms with Crippen LogP contribution in [0.25, 0.3) is 0 Å². The minimum absolute atomic E-state index is 0.123. The third-order valence-corrected chi connectivity index (χ3v) is 7.22. The van der Waals surface area contributed by atoms with Gasteiger partial charge in [-0.1, -0.05) is 30.3 Å². The van der Waals surface area contributed by atoms with Crippen LogP contribution in [0, 0.1) is 0 Å². The number of hydrogen-bond donors (Lipinski definition) is 2. The van der Waals surface area contributed by atoms with Crippen LogP contribution in [0.4, 0.5) is 22.2 Å². The maximum absolute atomic E-state index is 13.4. The molecule has 2 amide bonds. The van der Waals surface area contributed by atoms with Gasteiger partial charge in [-0.25, -0.2) is 14.6 Å². The lowest BCUT2D eigenvalue weighted by molar-refractivity contribution is -0.137. The highest BCUT2D eigenvalue weighted by molar-refractivity contribution is 6.07. The maximum atomic E-state index is 13.4. The second kappa shape index (κ2) is 14.3. The summed E-state index contributed by atoms with van der Waals surface area (Å²) in [6.45, 7) is 8.84. The highest BCUT2D eigenvalue weighted by atomic mass is 16.6. The number of ether oxygens (including phenoxy) is 1. The monoisotopic (exact) mass is 574 g/mol. The zero-order valence-corrected chi connectivity index (χ0v) is 24.3. The largest absolute Gasteiger partial charge is 0.480 e. The Kier molecular flexibility index (Phi) is 10.3. The average Bonchev–Trinajstić information content (AvgIpc) is 3.55. The molecule has 1 atom stereocenters. The zero-order chi connectivity index (χ0) is 30.1. The summed E-state index contributed by atoms with van der Waals surface area (Å²) in [6, 6.07) is 14.6. The molecule has 0 radical (unpaired) electrons. The molecule has 1 aliphatic rings. The van der Waals surface area contributed by atoms with Crippen LogP contribution < -0.4 is 19.9 Å². The second-order valence-corrected chi connectivity index (χ2v) is 9.94. The van der Waals surface area contributed by atoms with Gasteiger partial charge in [0.25, 0.3) is 5.91 Å². The van der Waals surface area contributed by atoms with Crippen molar-refractivity contribution in [2.24, 2.45) is 0 Å². The van der Waals surface area contributed by atoms with E-state index < -0.39 is 12.0 Å². The number of nitrogens with zero attached hydrogens (tertiary/aromatic N) is 5. The van der Waals surface area contributed by atoms with Gasteiger partial charge in [0.1, 0.15) is 17.5 Å². The Morgan fingerprint density at radius 3 is 2.24 bits per heavy atom. The summed E-state index contributed by atoms with van der Waals surface area (Å²) in [6.07, 6.45) is 3.25. The number of hydrogen-bond acceptors (Lipinski definition) is 8. The number of rotatable bonds is 12. The van der Waals surface area contributed by atoms with Crippen LogP contribution in [0.5, 0.6) is 5.75 Å². The number of anilines is 3. The molecular weight excluding hydrogens is 536 g/mol. The number of nitrogens with one attached hydrogen (secondary N) is 1. The Bertz CT molecular complexity index is 1360. The number of benzene rings is 2. The second-order valence-electron chi connectivity index (χ2n) is 9.94. The lowest BCUT2D eigenvalue weighted by Crippen LogP contribution is -2.36. The van der Waals surface area contributed by atoms with Gasteiger partial charge >= 0.3 is 12.1 Å². The first kappa shape index (κ1) is 30.3. The van der Waals surface area contributed by atoms with Gasteiger partial charge in [0, 0.05) is 44.7 Å². The highest BCUT2D eigenvalue weighted by Crippen LogP contribution is 2.28. The van der Waals surface area contributed by atoms with Gasteiger partial charge in [0.15, 0.2) is 5.82 Å². The van der Waals surface area contributed by atoms with Crippen LogP contribution >= 0.6 is 0 Å². The molecule has 1 aromatic heterocycles. The van der Waals surface area contributed by atoms with Crippen molar-refractivity contribution in [1.29, 1.82) is 0 Å². The van der Waals surface area contributed by atoms with Crippen molar-refractivity contribution in [3.05, 3.63) is 71.9 Å². The minimum Gasteiger partial charge on any atom is -0.480 e. The normalized spacial score (nSPS) is 13.4. The summed E-state index contributed by atoms with van der Waals surface area (Å²) < 4.78 is 5.47. The number of aliphatic carboxylic acids is 1. The first-order valence-corrected chi connectivity index (χ1v) is 14.4. The molecule has 1 saturated heterocycles. The van der Waals surface area contributed by atoms with E-state index in [-0.39, 0.29) is 24.2 Å². The Morgan fingerprint density at radius 1 is 0.976 bits per heavy atom. The summed E-state index contributed by atoms with van der Waals surface area (Å²) >= 11 is 0. The molecule has 0 spiro atoms. The molecule has 11 heteroatoms. The quantitative estimate of drug-likeness (QED) is 0.317. The van der Waals surface area contributed by atoms with E-state index in [9.17, 15) is 19.5 Å². The average molecular weight is 575 g/mol. The first-order valence-electron chi connectivity index (χ1n) is 14.4.